The van der Waals surface area contributed by atoms with Crippen LogP contribution in [0, 0.1) is 25.6 Å². The predicted molar refractivity (Wildman–Crippen MR) is 81.1 cm³/mol. The van der Waals surface area contributed by atoms with Gasteiger partial charge in [-0.15, -0.1) is 0 Å². The fraction of sp³-hybridized carbons (Fsp3) is 0.647. The lowest BCUT2D eigenvalue weighted by Gasteiger charge is -2.13. The second kappa shape index (κ2) is 8.31. The molecular weight excluding hydrogens is 237 g/mol. The maximum Gasteiger partial charge on any atom is 0.129 e. The van der Waals surface area contributed by atoms with E-state index in [2.05, 4.69) is 19.2 Å². The van der Waals surface area contributed by atoms with Crippen molar-refractivity contribution in [2.45, 2.75) is 53.4 Å². The van der Waals surface area contributed by atoms with Crippen molar-refractivity contribution in [2.75, 3.05) is 13.1 Å². The first-order valence-corrected chi connectivity index (χ1v) is 7.51. The van der Waals surface area contributed by atoms with Gasteiger partial charge in [-0.1, -0.05) is 26.0 Å². The second-order valence-corrected chi connectivity index (χ2v) is 5.73. The molecule has 1 N–H and O–H groups in total. The summed E-state index contributed by atoms with van der Waals surface area (Å²) in [4.78, 5) is 0. The monoisotopic (exact) mass is 265 g/mol. The molecule has 1 aromatic rings. The highest BCUT2D eigenvalue weighted by Gasteiger charge is 2.06. The molecule has 0 fully saturated rings. The molecule has 1 aromatic carbocycles. The van der Waals surface area contributed by atoms with Crippen LogP contribution < -0.4 is 5.32 Å². The molecule has 0 aliphatic carbocycles. The fourth-order valence-electron chi connectivity index (χ4n) is 2.39. The van der Waals surface area contributed by atoms with Crippen LogP contribution in [0.2, 0.25) is 0 Å². The fourth-order valence-corrected chi connectivity index (χ4v) is 2.39. The molecule has 0 heterocycles. The average molecular weight is 265 g/mol. The maximum absolute atomic E-state index is 13.5. The van der Waals surface area contributed by atoms with Crippen LogP contribution in [0.25, 0.3) is 0 Å². The Hall–Kier alpha value is -0.890. The highest BCUT2D eigenvalue weighted by Crippen LogP contribution is 2.18. The van der Waals surface area contributed by atoms with Crippen LogP contribution in [0.5, 0.6) is 0 Å². The van der Waals surface area contributed by atoms with Gasteiger partial charge in [0.2, 0.25) is 0 Å². The molecule has 0 aliphatic heterocycles. The lowest BCUT2D eigenvalue weighted by Crippen LogP contribution is -2.18. The van der Waals surface area contributed by atoms with Gasteiger partial charge in [-0.2, -0.15) is 0 Å². The standard InChI is InChI=1S/C17H28FN/c1-5-9-19-10-8-13(2)6-7-16-11-14(3)17(18)15(4)12-16/h11-13,19H,5-10H2,1-4H3. The Labute approximate surface area is 117 Å². The molecule has 0 bridgehead atoms. The summed E-state index contributed by atoms with van der Waals surface area (Å²) >= 11 is 0. The van der Waals surface area contributed by atoms with Gasteiger partial charge in [0.25, 0.3) is 0 Å². The van der Waals surface area contributed by atoms with Crippen molar-refractivity contribution in [1.29, 1.82) is 0 Å². The molecule has 0 aromatic heterocycles. The molecule has 1 rings (SSSR count). The molecule has 0 amide bonds. The molecule has 1 unspecified atom stereocenters. The molecule has 1 atom stereocenters. The number of rotatable bonds is 8. The van der Waals surface area contributed by atoms with Crippen molar-refractivity contribution in [1.82, 2.24) is 5.32 Å². The average Bonchev–Trinajstić information content (AvgIpc) is 2.38. The third kappa shape index (κ3) is 5.73. The summed E-state index contributed by atoms with van der Waals surface area (Å²) in [7, 11) is 0. The molecular formula is C17H28FN. The van der Waals surface area contributed by atoms with E-state index >= 15 is 0 Å². The topological polar surface area (TPSA) is 12.0 Å². The van der Waals surface area contributed by atoms with E-state index in [4.69, 9.17) is 0 Å². The predicted octanol–water partition coefficient (Wildman–Crippen LogP) is 4.40. The van der Waals surface area contributed by atoms with Gasteiger partial charge in [-0.25, -0.2) is 4.39 Å². The van der Waals surface area contributed by atoms with Crippen LogP contribution in [-0.4, -0.2) is 13.1 Å². The van der Waals surface area contributed by atoms with E-state index in [0.29, 0.717) is 0 Å². The summed E-state index contributed by atoms with van der Waals surface area (Å²) in [5.41, 5.74) is 2.81. The number of halogens is 1. The Morgan fingerprint density at radius 3 is 2.32 bits per heavy atom. The third-order valence-electron chi connectivity index (χ3n) is 3.66. The van der Waals surface area contributed by atoms with Gasteiger partial charge in [0, 0.05) is 0 Å². The SMILES string of the molecule is CCCNCCC(C)CCc1cc(C)c(F)c(C)c1. The first-order chi connectivity index (χ1) is 9.04. The molecule has 108 valence electrons. The van der Waals surface area contributed by atoms with Crippen molar-refractivity contribution < 1.29 is 4.39 Å². The Morgan fingerprint density at radius 1 is 1.11 bits per heavy atom. The first kappa shape index (κ1) is 16.2. The number of benzene rings is 1. The zero-order valence-electron chi connectivity index (χ0n) is 12.9. The Balaban J connectivity index is 2.36. The lowest BCUT2D eigenvalue weighted by atomic mass is 9.96. The van der Waals surface area contributed by atoms with Gasteiger partial charge < -0.3 is 5.32 Å². The van der Waals surface area contributed by atoms with Gasteiger partial charge in [0.05, 0.1) is 0 Å². The molecule has 0 aliphatic rings. The highest BCUT2D eigenvalue weighted by atomic mass is 19.1. The number of hydrogen-bond acceptors (Lipinski definition) is 1. The van der Waals surface area contributed by atoms with Crippen molar-refractivity contribution in [3.63, 3.8) is 0 Å². The quantitative estimate of drug-likeness (QED) is 0.687. The van der Waals surface area contributed by atoms with Crippen LogP contribution in [0.15, 0.2) is 12.1 Å². The van der Waals surface area contributed by atoms with Gasteiger partial charge in [-0.3, -0.25) is 0 Å². The van der Waals surface area contributed by atoms with Gasteiger partial charge in [0.15, 0.2) is 0 Å². The number of hydrogen-bond donors (Lipinski definition) is 1. The first-order valence-electron chi connectivity index (χ1n) is 7.51. The zero-order valence-corrected chi connectivity index (χ0v) is 12.9. The third-order valence-corrected chi connectivity index (χ3v) is 3.66. The van der Waals surface area contributed by atoms with Crippen LogP contribution in [0.3, 0.4) is 0 Å². The van der Waals surface area contributed by atoms with Crippen molar-refractivity contribution in [3.8, 4) is 0 Å². The van der Waals surface area contributed by atoms with Crippen molar-refractivity contribution in [2.24, 2.45) is 5.92 Å². The van der Waals surface area contributed by atoms with E-state index in [1.165, 1.54) is 24.8 Å². The summed E-state index contributed by atoms with van der Waals surface area (Å²) in [6.45, 7) is 10.4. The molecule has 0 saturated carbocycles. The summed E-state index contributed by atoms with van der Waals surface area (Å²) in [5, 5.41) is 3.44. The van der Waals surface area contributed by atoms with Crippen LogP contribution in [0.4, 0.5) is 4.39 Å². The van der Waals surface area contributed by atoms with Crippen LogP contribution in [-0.2, 0) is 6.42 Å². The second-order valence-electron chi connectivity index (χ2n) is 5.73. The van der Waals surface area contributed by atoms with Crippen LogP contribution in [0.1, 0.15) is 49.8 Å². The maximum atomic E-state index is 13.5. The van der Waals surface area contributed by atoms with E-state index in [-0.39, 0.29) is 5.82 Å². The minimum atomic E-state index is -0.0550. The zero-order chi connectivity index (χ0) is 14.3. The number of aryl methyl sites for hydroxylation is 3. The van der Waals surface area contributed by atoms with E-state index in [1.807, 2.05) is 26.0 Å². The minimum Gasteiger partial charge on any atom is -0.317 e. The normalized spacial score (nSPS) is 12.7. The lowest BCUT2D eigenvalue weighted by molar-refractivity contribution is 0.470. The summed E-state index contributed by atoms with van der Waals surface area (Å²) in [5.74, 6) is 0.663. The number of nitrogens with one attached hydrogen (secondary N) is 1. The van der Waals surface area contributed by atoms with Gasteiger partial charge in [0.1, 0.15) is 5.82 Å². The molecule has 19 heavy (non-hydrogen) atoms. The molecule has 1 nitrogen and oxygen atoms in total. The molecule has 0 saturated heterocycles. The van der Waals surface area contributed by atoms with E-state index in [0.717, 1.165) is 36.6 Å². The largest absolute Gasteiger partial charge is 0.317 e. The van der Waals surface area contributed by atoms with E-state index in [9.17, 15) is 4.39 Å². The summed E-state index contributed by atoms with van der Waals surface area (Å²) in [6, 6.07) is 3.98. The summed E-state index contributed by atoms with van der Waals surface area (Å²) < 4.78 is 13.5. The minimum absolute atomic E-state index is 0.0550. The Bertz CT molecular complexity index is 364. The van der Waals surface area contributed by atoms with Gasteiger partial charge in [-0.05, 0) is 75.2 Å². The Morgan fingerprint density at radius 2 is 1.74 bits per heavy atom. The van der Waals surface area contributed by atoms with Crippen molar-refractivity contribution in [3.05, 3.63) is 34.6 Å². The van der Waals surface area contributed by atoms with Gasteiger partial charge >= 0.3 is 0 Å². The van der Waals surface area contributed by atoms with E-state index < -0.39 is 0 Å². The molecule has 0 radical (unpaired) electrons. The molecule has 0 spiro atoms. The van der Waals surface area contributed by atoms with Crippen molar-refractivity contribution >= 4 is 0 Å². The molecule has 2 heteroatoms. The smallest absolute Gasteiger partial charge is 0.129 e. The van der Waals surface area contributed by atoms with Crippen LogP contribution >= 0.6 is 0 Å². The Kier molecular flexibility index (Phi) is 7.07. The summed E-state index contributed by atoms with van der Waals surface area (Å²) in [6.07, 6.45) is 4.65. The highest BCUT2D eigenvalue weighted by molar-refractivity contribution is 5.30. The van der Waals surface area contributed by atoms with E-state index in [1.54, 1.807) is 0 Å².